The Morgan fingerprint density at radius 3 is 1.07 bits per heavy atom. The van der Waals surface area contributed by atoms with Gasteiger partial charge in [-0.05, 0) is 83.5 Å². The van der Waals surface area contributed by atoms with Gasteiger partial charge in [0.05, 0.1) is 0 Å². The van der Waals surface area contributed by atoms with Crippen molar-refractivity contribution in [2.45, 2.75) is 252 Å². The van der Waals surface area contributed by atoms with E-state index in [1.165, 1.54) is 109 Å². The molecule has 1 atom stereocenters. The van der Waals surface area contributed by atoms with Crippen LogP contribution in [0, 0.1) is 0 Å². The number of esters is 3. The van der Waals surface area contributed by atoms with Gasteiger partial charge in [-0.15, -0.1) is 0 Å². The van der Waals surface area contributed by atoms with Crippen LogP contribution >= 0.6 is 0 Å². The lowest BCUT2D eigenvalue weighted by Crippen LogP contribution is -2.30. The Balaban J connectivity index is 4.45. The molecule has 0 saturated carbocycles. The summed E-state index contributed by atoms with van der Waals surface area (Å²) >= 11 is 0. The molecule has 0 aliphatic rings. The zero-order valence-electron chi connectivity index (χ0n) is 39.5. The second-order valence-corrected chi connectivity index (χ2v) is 16.7. The summed E-state index contributed by atoms with van der Waals surface area (Å²) in [4.78, 5) is 37.9. The molecule has 0 bridgehead atoms. The number of ether oxygens (including phenoxy) is 3. The highest BCUT2D eigenvalue weighted by molar-refractivity contribution is 5.71. The standard InChI is InChI=1S/C54H94O6/c1-4-7-10-13-16-19-22-25-27-29-32-35-38-41-44-47-53(56)59-50-51(49-58-52(55)46-43-40-37-34-31-24-21-18-15-12-9-6-3)60-54(57)48-45-42-39-36-33-30-28-26-23-20-17-14-11-8-5-2/h7,10,16,19,25-28,32,35,51H,4-6,8-9,11-15,17-18,20-24,29-31,33-34,36-50H2,1-3H3/b10-7-,19-16-,27-25-,28-26-,35-32-/t51-/m1/s1. The SMILES string of the molecule is CC/C=C\C/C=C\C/C=C\C/C=C\CCCCC(=O)OC[C@@H](COC(=O)CCCCCCCCCCCCCC)OC(=O)CCCCCCC/C=C\CCCCCCCC. The number of carbonyl (C=O) groups is 3. The van der Waals surface area contributed by atoms with Crippen molar-refractivity contribution in [2.75, 3.05) is 13.2 Å². The predicted molar refractivity (Wildman–Crippen MR) is 256 cm³/mol. The van der Waals surface area contributed by atoms with E-state index in [0.29, 0.717) is 19.3 Å². The van der Waals surface area contributed by atoms with Crippen molar-refractivity contribution < 1.29 is 28.6 Å². The molecule has 0 unspecified atom stereocenters. The number of hydrogen-bond acceptors (Lipinski definition) is 6. The minimum atomic E-state index is -0.792. The fourth-order valence-corrected chi connectivity index (χ4v) is 6.96. The van der Waals surface area contributed by atoms with Crippen molar-refractivity contribution in [3.8, 4) is 0 Å². The molecule has 0 aromatic rings. The predicted octanol–water partition coefficient (Wildman–Crippen LogP) is 16.5. The molecule has 0 aliphatic heterocycles. The minimum absolute atomic E-state index is 0.0890. The van der Waals surface area contributed by atoms with E-state index in [9.17, 15) is 14.4 Å². The van der Waals surface area contributed by atoms with Gasteiger partial charge >= 0.3 is 17.9 Å². The molecule has 0 aliphatic carbocycles. The smallest absolute Gasteiger partial charge is 0.306 e. The number of rotatable bonds is 45. The van der Waals surface area contributed by atoms with Gasteiger partial charge < -0.3 is 14.2 Å². The lowest BCUT2D eigenvalue weighted by molar-refractivity contribution is -0.167. The van der Waals surface area contributed by atoms with Crippen molar-refractivity contribution in [3.63, 3.8) is 0 Å². The largest absolute Gasteiger partial charge is 0.462 e. The normalized spacial score (nSPS) is 12.5. The molecule has 0 rings (SSSR count). The van der Waals surface area contributed by atoms with Crippen LogP contribution < -0.4 is 0 Å². The lowest BCUT2D eigenvalue weighted by Gasteiger charge is -2.18. The summed E-state index contributed by atoms with van der Waals surface area (Å²) < 4.78 is 16.7. The van der Waals surface area contributed by atoms with Crippen LogP contribution in [0.2, 0.25) is 0 Å². The quantitative estimate of drug-likeness (QED) is 0.0263. The molecular weight excluding hydrogens is 745 g/mol. The summed E-state index contributed by atoms with van der Waals surface area (Å²) in [7, 11) is 0. The second-order valence-electron chi connectivity index (χ2n) is 16.7. The van der Waals surface area contributed by atoms with Crippen LogP contribution in [0.1, 0.15) is 245 Å². The number of carbonyl (C=O) groups excluding carboxylic acids is 3. The fourth-order valence-electron chi connectivity index (χ4n) is 6.96. The first-order valence-corrected chi connectivity index (χ1v) is 25.3. The van der Waals surface area contributed by atoms with Gasteiger partial charge in [0.2, 0.25) is 0 Å². The van der Waals surface area contributed by atoms with E-state index in [4.69, 9.17) is 14.2 Å². The van der Waals surface area contributed by atoms with Crippen LogP contribution in [-0.4, -0.2) is 37.2 Å². The Morgan fingerprint density at radius 1 is 0.350 bits per heavy atom. The number of unbranched alkanes of at least 4 members (excludes halogenated alkanes) is 24. The summed E-state index contributed by atoms with van der Waals surface area (Å²) in [5.41, 5.74) is 0. The second kappa shape index (κ2) is 48.8. The average Bonchev–Trinajstić information content (AvgIpc) is 3.24. The van der Waals surface area contributed by atoms with E-state index < -0.39 is 6.10 Å². The molecule has 60 heavy (non-hydrogen) atoms. The van der Waals surface area contributed by atoms with Crippen LogP contribution in [-0.2, 0) is 28.6 Å². The zero-order valence-corrected chi connectivity index (χ0v) is 39.5. The summed E-state index contributed by atoms with van der Waals surface area (Å²) in [6, 6.07) is 0. The third kappa shape index (κ3) is 46.2. The summed E-state index contributed by atoms with van der Waals surface area (Å²) in [6.45, 7) is 6.48. The molecule has 0 spiro atoms. The van der Waals surface area contributed by atoms with Crippen LogP contribution in [0.25, 0.3) is 0 Å². The van der Waals surface area contributed by atoms with Crippen LogP contribution in [0.15, 0.2) is 60.8 Å². The van der Waals surface area contributed by atoms with Gasteiger partial charge in [0.25, 0.3) is 0 Å². The molecule has 0 aromatic carbocycles. The maximum atomic E-state index is 12.8. The lowest BCUT2D eigenvalue weighted by atomic mass is 10.0. The number of hydrogen-bond donors (Lipinski definition) is 0. The van der Waals surface area contributed by atoms with Gasteiger partial charge in [0, 0.05) is 19.3 Å². The van der Waals surface area contributed by atoms with Gasteiger partial charge in [-0.3, -0.25) is 14.4 Å². The van der Waals surface area contributed by atoms with Crippen LogP contribution in [0.3, 0.4) is 0 Å². The monoisotopic (exact) mass is 839 g/mol. The van der Waals surface area contributed by atoms with Crippen LogP contribution in [0.5, 0.6) is 0 Å². The zero-order chi connectivity index (χ0) is 43.7. The van der Waals surface area contributed by atoms with Gasteiger partial charge in [-0.2, -0.15) is 0 Å². The van der Waals surface area contributed by atoms with Crippen molar-refractivity contribution in [3.05, 3.63) is 60.8 Å². The minimum Gasteiger partial charge on any atom is -0.462 e. The number of allylic oxidation sites excluding steroid dienone is 10. The first-order valence-electron chi connectivity index (χ1n) is 25.3. The van der Waals surface area contributed by atoms with E-state index in [2.05, 4.69) is 81.5 Å². The molecule has 0 fully saturated rings. The van der Waals surface area contributed by atoms with Gasteiger partial charge in [0.1, 0.15) is 13.2 Å². The molecule has 0 amide bonds. The highest BCUT2D eigenvalue weighted by atomic mass is 16.6. The van der Waals surface area contributed by atoms with Crippen molar-refractivity contribution in [1.29, 1.82) is 0 Å². The van der Waals surface area contributed by atoms with E-state index in [1.807, 2.05) is 0 Å². The van der Waals surface area contributed by atoms with Crippen LogP contribution in [0.4, 0.5) is 0 Å². The Labute approximate surface area is 370 Å². The van der Waals surface area contributed by atoms with Crippen molar-refractivity contribution >= 4 is 17.9 Å². The Kier molecular flexibility index (Phi) is 46.4. The Hall–Kier alpha value is -2.89. The Morgan fingerprint density at radius 2 is 0.650 bits per heavy atom. The molecule has 0 saturated heterocycles. The topological polar surface area (TPSA) is 78.9 Å². The summed E-state index contributed by atoms with van der Waals surface area (Å²) in [6.07, 6.45) is 59.2. The highest BCUT2D eigenvalue weighted by Gasteiger charge is 2.19. The maximum absolute atomic E-state index is 12.8. The van der Waals surface area contributed by atoms with Crippen molar-refractivity contribution in [1.82, 2.24) is 0 Å². The first kappa shape index (κ1) is 57.1. The van der Waals surface area contributed by atoms with E-state index in [-0.39, 0.29) is 31.1 Å². The van der Waals surface area contributed by atoms with E-state index >= 15 is 0 Å². The van der Waals surface area contributed by atoms with Crippen molar-refractivity contribution in [2.24, 2.45) is 0 Å². The third-order valence-electron chi connectivity index (χ3n) is 10.8. The summed E-state index contributed by atoms with van der Waals surface area (Å²) in [5, 5.41) is 0. The maximum Gasteiger partial charge on any atom is 0.306 e. The van der Waals surface area contributed by atoms with E-state index in [0.717, 1.165) is 96.3 Å². The van der Waals surface area contributed by atoms with Gasteiger partial charge in [0.15, 0.2) is 6.10 Å². The molecule has 0 aromatic heterocycles. The molecule has 0 heterocycles. The molecular formula is C54H94O6. The molecule has 0 N–H and O–H groups in total. The molecule has 346 valence electrons. The third-order valence-corrected chi connectivity index (χ3v) is 10.8. The molecule has 6 heteroatoms. The van der Waals surface area contributed by atoms with Gasteiger partial charge in [-0.25, -0.2) is 0 Å². The van der Waals surface area contributed by atoms with Gasteiger partial charge in [-0.1, -0.05) is 204 Å². The Bertz CT molecular complexity index is 1100. The average molecular weight is 839 g/mol. The highest BCUT2D eigenvalue weighted by Crippen LogP contribution is 2.14. The molecule has 6 nitrogen and oxygen atoms in total. The molecule has 0 radical (unpaired) electrons. The first-order chi connectivity index (χ1) is 29.5. The van der Waals surface area contributed by atoms with E-state index in [1.54, 1.807) is 0 Å². The fraction of sp³-hybridized carbons (Fsp3) is 0.759. The summed E-state index contributed by atoms with van der Waals surface area (Å²) in [5.74, 6) is -0.938.